The zero-order valence-electron chi connectivity index (χ0n) is 23.3. The number of ether oxygens (including phenoxy) is 1. The number of hydrogen-bond donors (Lipinski definition) is 1. The summed E-state index contributed by atoms with van der Waals surface area (Å²) < 4.78 is 18.6. The summed E-state index contributed by atoms with van der Waals surface area (Å²) in [7, 11) is 1.58. The van der Waals surface area contributed by atoms with E-state index < -0.39 is 11.9 Å². The summed E-state index contributed by atoms with van der Waals surface area (Å²) in [6.07, 6.45) is 0.693. The molecule has 220 valence electrons. The van der Waals surface area contributed by atoms with Crippen LogP contribution in [0.25, 0.3) is 0 Å². The number of carbonyl (C=O) groups excluding carboxylic acids is 2. The van der Waals surface area contributed by atoms with Crippen molar-refractivity contribution in [3.8, 4) is 5.75 Å². The summed E-state index contributed by atoms with van der Waals surface area (Å²) in [5.74, 6) is -0.327. The number of nitrogens with one attached hydrogen (secondary N) is 1. The normalized spacial score (nSPS) is 17.6. The van der Waals surface area contributed by atoms with Gasteiger partial charge in [-0.1, -0.05) is 17.7 Å². The number of piperazine rings is 1. The first-order chi connectivity index (χ1) is 20.3. The van der Waals surface area contributed by atoms with Gasteiger partial charge in [-0.25, -0.2) is 4.39 Å². The van der Waals surface area contributed by atoms with Crippen molar-refractivity contribution in [1.82, 2.24) is 9.80 Å². The average Bonchev–Trinajstić information content (AvgIpc) is 3.22. The molecule has 2 heterocycles. The molecule has 5 rings (SSSR count). The Hall–Kier alpha value is -3.73. The summed E-state index contributed by atoms with van der Waals surface area (Å²) in [4.78, 5) is 34.8. The lowest BCUT2D eigenvalue weighted by Crippen LogP contribution is -2.47. The van der Waals surface area contributed by atoms with Gasteiger partial charge in [-0.2, -0.15) is 0 Å². The first-order valence-corrected chi connectivity index (χ1v) is 14.7. The number of anilines is 3. The number of benzene rings is 3. The van der Waals surface area contributed by atoms with Crippen LogP contribution >= 0.6 is 23.8 Å². The fourth-order valence-corrected chi connectivity index (χ4v) is 5.94. The lowest BCUT2D eigenvalue weighted by Gasteiger charge is -2.36. The number of rotatable bonds is 10. The van der Waals surface area contributed by atoms with Gasteiger partial charge >= 0.3 is 0 Å². The van der Waals surface area contributed by atoms with E-state index in [-0.39, 0.29) is 18.2 Å². The number of nitrogens with zero attached hydrogens (tertiary/aromatic N) is 4. The summed E-state index contributed by atoms with van der Waals surface area (Å²) >= 11 is 12.0. The van der Waals surface area contributed by atoms with Crippen molar-refractivity contribution in [2.75, 3.05) is 61.5 Å². The first-order valence-electron chi connectivity index (χ1n) is 13.9. The Morgan fingerprint density at radius 2 is 1.71 bits per heavy atom. The van der Waals surface area contributed by atoms with E-state index in [1.54, 1.807) is 31.4 Å². The molecule has 2 aliphatic heterocycles. The van der Waals surface area contributed by atoms with E-state index >= 15 is 0 Å². The summed E-state index contributed by atoms with van der Waals surface area (Å²) in [6.45, 7) is 5.00. The van der Waals surface area contributed by atoms with E-state index in [1.807, 2.05) is 23.1 Å². The predicted octanol–water partition coefficient (Wildman–Crippen LogP) is 5.03. The van der Waals surface area contributed by atoms with Crippen LogP contribution in [-0.2, 0) is 9.59 Å². The molecule has 2 saturated heterocycles. The highest BCUT2D eigenvalue weighted by atomic mass is 35.5. The van der Waals surface area contributed by atoms with Crippen LogP contribution in [0, 0.1) is 5.82 Å². The van der Waals surface area contributed by atoms with Crippen molar-refractivity contribution in [3.63, 3.8) is 0 Å². The quantitative estimate of drug-likeness (QED) is 0.323. The highest BCUT2D eigenvalue weighted by molar-refractivity contribution is 7.80. The molecule has 2 fully saturated rings. The van der Waals surface area contributed by atoms with Crippen molar-refractivity contribution in [1.29, 1.82) is 0 Å². The highest BCUT2D eigenvalue weighted by Gasteiger charge is 2.44. The van der Waals surface area contributed by atoms with Gasteiger partial charge in [0.15, 0.2) is 5.11 Å². The van der Waals surface area contributed by atoms with Gasteiger partial charge < -0.3 is 19.9 Å². The van der Waals surface area contributed by atoms with Crippen LogP contribution in [0.3, 0.4) is 0 Å². The maximum atomic E-state index is 13.7. The molecular weight excluding hydrogens is 577 g/mol. The van der Waals surface area contributed by atoms with Crippen molar-refractivity contribution in [2.45, 2.75) is 18.9 Å². The zero-order valence-corrected chi connectivity index (χ0v) is 24.9. The smallest absolute Gasteiger partial charge is 0.256 e. The molecule has 3 aromatic carbocycles. The predicted molar refractivity (Wildman–Crippen MR) is 168 cm³/mol. The van der Waals surface area contributed by atoms with Crippen LogP contribution in [0.4, 0.5) is 21.5 Å². The van der Waals surface area contributed by atoms with Gasteiger partial charge in [0.2, 0.25) is 5.91 Å². The second-order valence-electron chi connectivity index (χ2n) is 10.3. The van der Waals surface area contributed by atoms with Crippen molar-refractivity contribution < 1.29 is 18.7 Å². The Bertz CT molecular complexity index is 1420. The monoisotopic (exact) mass is 609 g/mol. The van der Waals surface area contributed by atoms with Crippen molar-refractivity contribution in [2.24, 2.45) is 0 Å². The third-order valence-electron chi connectivity index (χ3n) is 7.57. The Kier molecular flexibility index (Phi) is 9.56. The molecule has 0 saturated carbocycles. The molecule has 42 heavy (non-hydrogen) atoms. The number of thiocarbonyl (C=S) groups is 1. The minimum atomic E-state index is -0.750. The molecule has 0 bridgehead atoms. The summed E-state index contributed by atoms with van der Waals surface area (Å²) in [5, 5.41) is 3.87. The SMILES string of the molecule is COc1ccc(N2C(=O)C(CC(=O)Nc3ccc(F)cc3)N(CCCN3CCN(c4cccc(Cl)c4)CC3)C2=S)cc1. The van der Waals surface area contributed by atoms with Crippen LogP contribution < -0.4 is 19.9 Å². The second kappa shape index (κ2) is 13.5. The molecule has 1 atom stereocenters. The van der Waals surface area contributed by atoms with E-state index in [1.165, 1.54) is 29.2 Å². The molecule has 8 nitrogen and oxygen atoms in total. The molecule has 0 radical (unpaired) electrons. The first kappa shape index (κ1) is 29.8. The summed E-state index contributed by atoms with van der Waals surface area (Å²) in [6, 6.07) is 19.8. The maximum absolute atomic E-state index is 13.7. The number of amides is 2. The van der Waals surface area contributed by atoms with Crippen LogP contribution in [0.2, 0.25) is 5.02 Å². The fourth-order valence-electron chi connectivity index (χ4n) is 5.34. The van der Waals surface area contributed by atoms with Gasteiger partial charge in [-0.15, -0.1) is 0 Å². The molecule has 0 aromatic heterocycles. The average molecular weight is 610 g/mol. The molecule has 2 amide bonds. The topological polar surface area (TPSA) is 68.4 Å². The van der Waals surface area contributed by atoms with Gasteiger partial charge in [0.25, 0.3) is 5.91 Å². The number of halogens is 2. The Labute approximate surface area is 255 Å². The Morgan fingerprint density at radius 1 is 1.00 bits per heavy atom. The van der Waals surface area contributed by atoms with Gasteiger partial charge in [-0.05, 0) is 91.9 Å². The summed E-state index contributed by atoms with van der Waals surface area (Å²) in [5.41, 5.74) is 2.21. The van der Waals surface area contributed by atoms with Crippen molar-refractivity contribution in [3.05, 3.63) is 83.6 Å². The van der Waals surface area contributed by atoms with Gasteiger partial charge in [0, 0.05) is 49.1 Å². The number of methoxy groups -OCH3 is 1. The third kappa shape index (κ3) is 7.00. The standard InChI is InChI=1S/C31H33ClFN5O3S/c1-41-27-12-10-25(11-13-27)38-30(40)28(21-29(39)34-24-8-6-23(33)7-9-24)37(31(38)42)15-3-14-35-16-18-36(19-17-35)26-5-2-4-22(32)20-26/h2,4-13,20,28H,3,14-19,21H2,1H3,(H,34,39). The van der Waals surface area contributed by atoms with E-state index in [9.17, 15) is 14.0 Å². The van der Waals surface area contributed by atoms with E-state index in [4.69, 9.17) is 28.6 Å². The number of hydrogen-bond acceptors (Lipinski definition) is 6. The minimum absolute atomic E-state index is 0.0820. The van der Waals surface area contributed by atoms with Crippen LogP contribution in [0.5, 0.6) is 5.75 Å². The van der Waals surface area contributed by atoms with Crippen molar-refractivity contribution >= 4 is 57.8 Å². The third-order valence-corrected chi connectivity index (χ3v) is 8.23. The van der Waals surface area contributed by atoms with E-state index in [2.05, 4.69) is 21.2 Å². The van der Waals surface area contributed by atoms with Crippen LogP contribution in [-0.4, -0.2) is 79.1 Å². The lowest BCUT2D eigenvalue weighted by atomic mass is 10.1. The Morgan fingerprint density at radius 3 is 2.38 bits per heavy atom. The van der Waals surface area contributed by atoms with Crippen LogP contribution in [0.1, 0.15) is 12.8 Å². The molecule has 11 heteroatoms. The second-order valence-corrected chi connectivity index (χ2v) is 11.1. The van der Waals surface area contributed by atoms with E-state index in [0.717, 1.165) is 49.9 Å². The fraction of sp³-hybridized carbons (Fsp3) is 0.323. The minimum Gasteiger partial charge on any atom is -0.497 e. The van der Waals surface area contributed by atoms with Gasteiger partial charge in [0.1, 0.15) is 17.6 Å². The van der Waals surface area contributed by atoms with E-state index in [0.29, 0.717) is 28.8 Å². The lowest BCUT2D eigenvalue weighted by molar-refractivity contribution is -0.124. The van der Waals surface area contributed by atoms with Gasteiger partial charge in [0.05, 0.1) is 19.2 Å². The molecule has 1 unspecified atom stereocenters. The highest BCUT2D eigenvalue weighted by Crippen LogP contribution is 2.29. The molecule has 0 aliphatic carbocycles. The number of carbonyl (C=O) groups is 2. The Balaban J connectivity index is 1.23. The van der Waals surface area contributed by atoms with Crippen LogP contribution in [0.15, 0.2) is 72.8 Å². The molecule has 1 N–H and O–H groups in total. The maximum Gasteiger partial charge on any atom is 0.256 e. The molecular formula is C31H33ClFN5O3S. The molecule has 3 aromatic rings. The zero-order chi connectivity index (χ0) is 29.6. The van der Waals surface area contributed by atoms with Gasteiger partial charge in [-0.3, -0.25) is 19.4 Å². The molecule has 2 aliphatic rings. The molecule has 0 spiro atoms. The largest absolute Gasteiger partial charge is 0.497 e.